The number of rotatable bonds is 11. The Bertz CT molecular complexity index is 1960. The molecule has 1 atom stereocenters. The largest absolute Gasteiger partial charge is 0.456 e. The first kappa shape index (κ1) is 42.6. The molecule has 0 bridgehead atoms. The van der Waals surface area contributed by atoms with Crippen LogP contribution < -0.4 is 5.73 Å². The SMILES string of the molecule is C#C.C=C(N)C/C=C\C=C/C.C=C(c1oc2ccccc2c1C)C(CC)C/C=C\Cc1ccc(C)c(-c2ccccc2C)c1C.Cc1ccccc1. The van der Waals surface area contributed by atoms with Crippen LogP contribution in [0.2, 0.25) is 0 Å². The molecule has 0 radical (unpaired) electrons. The molecule has 0 aliphatic carbocycles. The van der Waals surface area contributed by atoms with Gasteiger partial charge in [-0.2, -0.15) is 0 Å². The van der Waals surface area contributed by atoms with E-state index in [9.17, 15) is 0 Å². The van der Waals surface area contributed by atoms with Crippen molar-refractivity contribution in [1.82, 2.24) is 0 Å². The van der Waals surface area contributed by atoms with Crippen molar-refractivity contribution in [2.75, 3.05) is 0 Å². The average molecular weight is 690 g/mol. The number of nitrogens with two attached hydrogens (primary N) is 1. The molecule has 0 amide bonds. The minimum absolute atomic E-state index is 0.372. The third-order valence-corrected chi connectivity index (χ3v) is 9.01. The summed E-state index contributed by atoms with van der Waals surface area (Å²) >= 11 is 0. The van der Waals surface area contributed by atoms with E-state index in [4.69, 9.17) is 10.2 Å². The lowest BCUT2D eigenvalue weighted by Gasteiger charge is -2.16. The van der Waals surface area contributed by atoms with E-state index < -0.39 is 0 Å². The Morgan fingerprint density at radius 3 is 2.00 bits per heavy atom. The fourth-order valence-corrected chi connectivity index (χ4v) is 6.01. The predicted octanol–water partition coefficient (Wildman–Crippen LogP) is 13.8. The molecule has 5 rings (SSSR count). The molecule has 5 aromatic rings. The summed E-state index contributed by atoms with van der Waals surface area (Å²) in [6.07, 6.45) is 24.2. The molecule has 1 aromatic heterocycles. The first-order valence-corrected chi connectivity index (χ1v) is 18.1. The highest BCUT2D eigenvalue weighted by Crippen LogP contribution is 2.36. The molecule has 0 aliphatic rings. The number of para-hydroxylation sites is 1. The van der Waals surface area contributed by atoms with Crippen molar-refractivity contribution < 1.29 is 4.42 Å². The zero-order valence-corrected chi connectivity index (χ0v) is 32.6. The number of furan rings is 1. The van der Waals surface area contributed by atoms with E-state index in [2.05, 4.69) is 140 Å². The number of hydrogen-bond donors (Lipinski definition) is 1. The van der Waals surface area contributed by atoms with Gasteiger partial charge in [-0.25, -0.2) is 0 Å². The van der Waals surface area contributed by atoms with E-state index in [1.165, 1.54) is 49.9 Å². The molecule has 0 fully saturated rings. The fraction of sp³-hybridized carbons (Fsp3) is 0.240. The summed E-state index contributed by atoms with van der Waals surface area (Å²) in [5.74, 6) is 1.33. The zero-order valence-electron chi connectivity index (χ0n) is 32.6. The van der Waals surface area contributed by atoms with Crippen molar-refractivity contribution in [3.8, 4) is 24.0 Å². The highest BCUT2D eigenvalue weighted by molar-refractivity contribution is 5.86. The zero-order chi connectivity index (χ0) is 38.5. The van der Waals surface area contributed by atoms with E-state index in [1.807, 2.05) is 61.6 Å². The van der Waals surface area contributed by atoms with Crippen LogP contribution in [0.5, 0.6) is 0 Å². The lowest BCUT2D eigenvalue weighted by molar-refractivity contribution is 0.567. The predicted molar refractivity (Wildman–Crippen MR) is 230 cm³/mol. The van der Waals surface area contributed by atoms with E-state index >= 15 is 0 Å². The second kappa shape index (κ2) is 23.0. The summed E-state index contributed by atoms with van der Waals surface area (Å²) in [6.45, 7) is 23.1. The van der Waals surface area contributed by atoms with Crippen molar-refractivity contribution in [3.05, 3.63) is 185 Å². The van der Waals surface area contributed by atoms with Gasteiger partial charge in [-0.05, 0) is 112 Å². The van der Waals surface area contributed by atoms with Crippen molar-refractivity contribution in [2.45, 2.75) is 74.1 Å². The Kier molecular flexibility index (Phi) is 18.9. The van der Waals surface area contributed by atoms with Crippen molar-refractivity contribution >= 4 is 16.5 Å². The van der Waals surface area contributed by atoms with Crippen LogP contribution in [0.15, 0.2) is 151 Å². The molecule has 2 N–H and O–H groups in total. The average Bonchev–Trinajstić information content (AvgIpc) is 3.49. The third-order valence-electron chi connectivity index (χ3n) is 9.01. The van der Waals surface area contributed by atoms with Crippen LogP contribution in [0.25, 0.3) is 27.7 Å². The van der Waals surface area contributed by atoms with Crippen molar-refractivity contribution in [2.24, 2.45) is 11.7 Å². The second-order valence-corrected chi connectivity index (χ2v) is 12.9. The van der Waals surface area contributed by atoms with Gasteiger partial charge in [-0.3, -0.25) is 0 Å². The topological polar surface area (TPSA) is 39.2 Å². The Labute approximate surface area is 315 Å². The van der Waals surface area contributed by atoms with Gasteiger partial charge in [0.05, 0.1) is 0 Å². The van der Waals surface area contributed by atoms with Gasteiger partial charge in [0, 0.05) is 23.1 Å². The fourth-order valence-electron chi connectivity index (χ4n) is 6.01. The number of terminal acetylenes is 1. The Hall–Kier alpha value is -5.52. The summed E-state index contributed by atoms with van der Waals surface area (Å²) in [5.41, 5.74) is 18.7. The normalized spacial score (nSPS) is 11.3. The molecule has 4 aromatic carbocycles. The highest BCUT2D eigenvalue weighted by Gasteiger charge is 2.18. The van der Waals surface area contributed by atoms with Gasteiger partial charge in [0.25, 0.3) is 0 Å². The lowest BCUT2D eigenvalue weighted by atomic mass is 9.88. The maximum atomic E-state index is 6.19. The number of fused-ring (bicyclic) bond motifs is 1. The standard InChI is InChI=1S/C33H36O.C8H13N.C7H8.C2H2/c1-7-27(25(5)33-26(6)30-18-12-13-19-31(30)34-33)15-9-10-16-28-21-20-23(3)32(24(28)4)29-17-11-8-14-22(29)2;1-3-4-5-6-7-8(2)9;1-7-5-3-2-4-6-7;1-2/h8-14,17-21,27H,5,7,15-16H2,1-4,6H3;3-6H,2,7,9H2,1H3;2-6H,1H3;1-2H/b10-9-;4-3-,6-5-;;. The smallest absolute Gasteiger partial charge is 0.135 e. The first-order valence-electron chi connectivity index (χ1n) is 18.1. The van der Waals surface area contributed by atoms with Gasteiger partial charge in [0.1, 0.15) is 11.3 Å². The Morgan fingerprint density at radius 1 is 0.750 bits per heavy atom. The van der Waals surface area contributed by atoms with Crippen LogP contribution in [0.1, 0.15) is 72.3 Å². The molecular weight excluding hydrogens is 631 g/mol. The molecule has 0 aliphatic heterocycles. The summed E-state index contributed by atoms with van der Waals surface area (Å²) in [4.78, 5) is 0. The van der Waals surface area contributed by atoms with Gasteiger partial charge in [0.2, 0.25) is 0 Å². The van der Waals surface area contributed by atoms with Gasteiger partial charge < -0.3 is 10.2 Å². The first-order chi connectivity index (χ1) is 25.1. The van der Waals surface area contributed by atoms with Gasteiger partial charge in [-0.15, -0.1) is 12.8 Å². The third kappa shape index (κ3) is 13.0. The number of hydrogen-bond acceptors (Lipinski definition) is 2. The summed E-state index contributed by atoms with van der Waals surface area (Å²) < 4.78 is 6.19. The maximum absolute atomic E-state index is 6.19. The molecule has 52 heavy (non-hydrogen) atoms. The summed E-state index contributed by atoms with van der Waals surface area (Å²) in [5, 5.41) is 1.18. The van der Waals surface area contributed by atoms with E-state index in [1.54, 1.807) is 0 Å². The van der Waals surface area contributed by atoms with Crippen LogP contribution in [0.4, 0.5) is 0 Å². The molecule has 270 valence electrons. The van der Waals surface area contributed by atoms with Crippen LogP contribution in [0, 0.1) is 53.4 Å². The van der Waals surface area contributed by atoms with Crippen molar-refractivity contribution in [1.29, 1.82) is 0 Å². The van der Waals surface area contributed by atoms with Crippen LogP contribution in [-0.4, -0.2) is 0 Å². The lowest BCUT2D eigenvalue weighted by Crippen LogP contribution is -2.01. The number of aryl methyl sites for hydroxylation is 4. The highest BCUT2D eigenvalue weighted by atomic mass is 16.3. The Morgan fingerprint density at radius 2 is 1.40 bits per heavy atom. The van der Waals surface area contributed by atoms with Gasteiger partial charge in [-0.1, -0.05) is 147 Å². The van der Waals surface area contributed by atoms with Crippen molar-refractivity contribution in [3.63, 3.8) is 0 Å². The maximum Gasteiger partial charge on any atom is 0.135 e. The molecular formula is C50H59NO. The molecule has 2 nitrogen and oxygen atoms in total. The monoisotopic (exact) mass is 689 g/mol. The number of allylic oxidation sites excluding steroid dienone is 7. The second-order valence-electron chi connectivity index (χ2n) is 12.9. The van der Waals surface area contributed by atoms with E-state index in [0.717, 1.165) is 42.6 Å². The number of benzene rings is 4. The molecule has 0 saturated carbocycles. The van der Waals surface area contributed by atoms with Gasteiger partial charge >= 0.3 is 0 Å². The Balaban J connectivity index is 0.000000427. The van der Waals surface area contributed by atoms with Crippen LogP contribution >= 0.6 is 0 Å². The molecule has 1 unspecified atom stereocenters. The van der Waals surface area contributed by atoms with E-state index in [0.29, 0.717) is 11.6 Å². The minimum atomic E-state index is 0.372. The quantitative estimate of drug-likeness (QED) is 0.0852. The summed E-state index contributed by atoms with van der Waals surface area (Å²) in [7, 11) is 0. The summed E-state index contributed by atoms with van der Waals surface area (Å²) in [6, 6.07) is 31.7. The minimum Gasteiger partial charge on any atom is -0.456 e. The molecule has 0 saturated heterocycles. The molecule has 0 spiro atoms. The van der Waals surface area contributed by atoms with Crippen LogP contribution in [-0.2, 0) is 6.42 Å². The van der Waals surface area contributed by atoms with Gasteiger partial charge in [0.15, 0.2) is 0 Å². The molecule has 1 heterocycles. The van der Waals surface area contributed by atoms with Crippen LogP contribution in [0.3, 0.4) is 0 Å². The van der Waals surface area contributed by atoms with E-state index in [-0.39, 0.29) is 0 Å². The molecule has 2 heteroatoms.